The Morgan fingerprint density at radius 1 is 1.44 bits per heavy atom. The first-order valence-corrected chi connectivity index (χ1v) is 7.40. The fourth-order valence-electron chi connectivity index (χ4n) is 1.49. The first-order chi connectivity index (χ1) is 8.58. The normalized spacial score (nSPS) is 10.3. The van der Waals surface area contributed by atoms with Gasteiger partial charge in [-0.1, -0.05) is 11.6 Å². The zero-order valence-electron chi connectivity index (χ0n) is 9.11. The highest BCUT2D eigenvalue weighted by molar-refractivity contribution is 14.1. The Labute approximate surface area is 127 Å². The molecule has 0 aliphatic rings. The van der Waals surface area contributed by atoms with E-state index in [4.69, 9.17) is 16.7 Å². The molecule has 3 nitrogen and oxygen atoms in total. The van der Waals surface area contributed by atoms with Gasteiger partial charge in [-0.15, -0.1) is 11.3 Å². The molecule has 18 heavy (non-hydrogen) atoms. The summed E-state index contributed by atoms with van der Waals surface area (Å²) < 4.78 is 1.01. The van der Waals surface area contributed by atoms with E-state index in [1.54, 1.807) is 11.4 Å². The van der Waals surface area contributed by atoms with Crippen LogP contribution in [-0.4, -0.2) is 11.1 Å². The molecule has 0 aliphatic heterocycles. The van der Waals surface area contributed by atoms with Gasteiger partial charge >= 0.3 is 5.97 Å². The van der Waals surface area contributed by atoms with Gasteiger partial charge in [-0.3, -0.25) is 0 Å². The molecule has 0 unspecified atom stereocenters. The lowest BCUT2D eigenvalue weighted by Gasteiger charge is -2.08. The van der Waals surface area contributed by atoms with Crippen LogP contribution in [0.1, 0.15) is 15.2 Å². The molecule has 0 radical (unpaired) electrons. The largest absolute Gasteiger partial charge is 0.477 e. The molecule has 0 fully saturated rings. The molecule has 1 aromatic carbocycles. The average Bonchev–Trinajstić information content (AvgIpc) is 2.76. The average molecular weight is 394 g/mol. The van der Waals surface area contributed by atoms with Crippen molar-refractivity contribution in [1.82, 2.24) is 0 Å². The topological polar surface area (TPSA) is 49.3 Å². The molecular formula is C12H9ClINO2S. The molecule has 2 N–H and O–H groups in total. The van der Waals surface area contributed by atoms with Crippen molar-refractivity contribution in [3.63, 3.8) is 0 Å². The minimum atomic E-state index is -0.882. The SMILES string of the molecule is O=C(O)c1sccc1CNc1ccc(Cl)cc1I. The van der Waals surface area contributed by atoms with Crippen LogP contribution < -0.4 is 5.32 Å². The number of hydrogen-bond acceptors (Lipinski definition) is 3. The molecule has 2 aromatic rings. The summed E-state index contributed by atoms with van der Waals surface area (Å²) in [6.45, 7) is 0.489. The standard InChI is InChI=1S/C12H9ClINO2S/c13-8-1-2-10(9(14)5-8)15-6-7-3-4-18-11(7)12(16)17/h1-5,15H,6H2,(H,16,17). The Bertz CT molecular complexity index is 585. The van der Waals surface area contributed by atoms with E-state index in [2.05, 4.69) is 27.9 Å². The number of carboxylic acid groups (broad SMARTS) is 1. The van der Waals surface area contributed by atoms with Crippen LogP contribution in [-0.2, 0) is 6.54 Å². The Kier molecular flexibility index (Phi) is 4.47. The van der Waals surface area contributed by atoms with Gasteiger partial charge in [0.2, 0.25) is 0 Å². The minimum absolute atomic E-state index is 0.381. The molecule has 0 spiro atoms. The van der Waals surface area contributed by atoms with E-state index in [1.165, 1.54) is 11.3 Å². The number of rotatable bonds is 4. The number of thiophene rings is 1. The van der Waals surface area contributed by atoms with E-state index >= 15 is 0 Å². The summed E-state index contributed by atoms with van der Waals surface area (Å²) in [7, 11) is 0. The third-order valence-electron chi connectivity index (χ3n) is 2.34. The van der Waals surface area contributed by atoms with Crippen LogP contribution >= 0.6 is 45.5 Å². The third-order valence-corrected chi connectivity index (χ3v) is 4.41. The van der Waals surface area contributed by atoms with Crippen LogP contribution in [0.15, 0.2) is 29.6 Å². The van der Waals surface area contributed by atoms with Crippen molar-refractivity contribution in [2.24, 2.45) is 0 Å². The summed E-state index contributed by atoms with van der Waals surface area (Å²) in [5.74, 6) is -0.882. The lowest BCUT2D eigenvalue weighted by Crippen LogP contribution is -2.04. The predicted molar refractivity (Wildman–Crippen MR) is 82.8 cm³/mol. The fraction of sp³-hybridized carbons (Fsp3) is 0.0833. The van der Waals surface area contributed by atoms with Crippen LogP contribution in [0.5, 0.6) is 0 Å². The molecule has 1 heterocycles. The van der Waals surface area contributed by atoms with E-state index in [9.17, 15) is 4.79 Å². The van der Waals surface area contributed by atoms with Gasteiger partial charge in [-0.25, -0.2) is 4.79 Å². The number of benzene rings is 1. The van der Waals surface area contributed by atoms with Crippen molar-refractivity contribution in [2.75, 3.05) is 5.32 Å². The van der Waals surface area contributed by atoms with Gasteiger partial charge in [0, 0.05) is 20.8 Å². The number of hydrogen-bond donors (Lipinski definition) is 2. The first-order valence-electron chi connectivity index (χ1n) is 5.06. The van der Waals surface area contributed by atoms with Gasteiger partial charge in [-0.2, -0.15) is 0 Å². The monoisotopic (exact) mass is 393 g/mol. The molecule has 0 atom stereocenters. The molecule has 0 amide bonds. The zero-order valence-corrected chi connectivity index (χ0v) is 12.8. The number of carbonyl (C=O) groups is 1. The van der Waals surface area contributed by atoms with Crippen LogP contribution in [0.2, 0.25) is 5.02 Å². The molecule has 0 saturated heterocycles. The lowest BCUT2D eigenvalue weighted by atomic mass is 10.2. The van der Waals surface area contributed by atoms with Crippen LogP contribution in [0.25, 0.3) is 0 Å². The Balaban J connectivity index is 2.11. The van der Waals surface area contributed by atoms with Crippen molar-refractivity contribution in [3.05, 3.63) is 48.7 Å². The Hall–Kier alpha value is -0.790. The summed E-state index contributed by atoms with van der Waals surface area (Å²) in [6, 6.07) is 7.37. The summed E-state index contributed by atoms with van der Waals surface area (Å²) in [5.41, 5.74) is 1.74. The summed E-state index contributed by atoms with van der Waals surface area (Å²) in [4.78, 5) is 11.4. The highest BCUT2D eigenvalue weighted by Gasteiger charge is 2.11. The van der Waals surface area contributed by atoms with Gasteiger partial charge in [0.1, 0.15) is 4.88 Å². The van der Waals surface area contributed by atoms with E-state index in [0.717, 1.165) is 14.8 Å². The number of carboxylic acids is 1. The molecule has 0 aliphatic carbocycles. The van der Waals surface area contributed by atoms with Crippen LogP contribution in [0.3, 0.4) is 0 Å². The maximum absolute atomic E-state index is 11.0. The Morgan fingerprint density at radius 3 is 2.89 bits per heavy atom. The smallest absolute Gasteiger partial charge is 0.346 e. The molecule has 1 aromatic heterocycles. The number of aromatic carboxylic acids is 1. The quantitative estimate of drug-likeness (QED) is 0.761. The zero-order chi connectivity index (χ0) is 13.1. The summed E-state index contributed by atoms with van der Waals surface area (Å²) >= 11 is 9.30. The van der Waals surface area contributed by atoms with Crippen molar-refractivity contribution >= 4 is 57.2 Å². The van der Waals surface area contributed by atoms with E-state index < -0.39 is 5.97 Å². The molecule has 2 rings (SSSR count). The second-order valence-electron chi connectivity index (χ2n) is 3.56. The highest BCUT2D eigenvalue weighted by atomic mass is 127. The predicted octanol–water partition coefficient (Wildman–Crippen LogP) is 4.32. The molecule has 0 saturated carbocycles. The van der Waals surface area contributed by atoms with Crippen molar-refractivity contribution in [3.8, 4) is 0 Å². The number of nitrogens with one attached hydrogen (secondary N) is 1. The molecular weight excluding hydrogens is 385 g/mol. The lowest BCUT2D eigenvalue weighted by molar-refractivity contribution is 0.0701. The molecule has 6 heteroatoms. The van der Waals surface area contributed by atoms with E-state index in [-0.39, 0.29) is 0 Å². The van der Waals surface area contributed by atoms with E-state index in [0.29, 0.717) is 16.4 Å². The minimum Gasteiger partial charge on any atom is -0.477 e. The molecule has 0 bridgehead atoms. The van der Waals surface area contributed by atoms with Crippen molar-refractivity contribution in [1.29, 1.82) is 0 Å². The van der Waals surface area contributed by atoms with Crippen molar-refractivity contribution in [2.45, 2.75) is 6.54 Å². The maximum atomic E-state index is 11.0. The fourth-order valence-corrected chi connectivity index (χ4v) is 3.31. The van der Waals surface area contributed by atoms with E-state index in [1.807, 2.05) is 18.2 Å². The number of anilines is 1. The van der Waals surface area contributed by atoms with Gasteiger partial charge in [-0.05, 0) is 57.8 Å². The summed E-state index contributed by atoms with van der Waals surface area (Å²) in [6.07, 6.45) is 0. The molecule has 94 valence electrons. The third kappa shape index (κ3) is 3.15. The first kappa shape index (κ1) is 13.6. The second kappa shape index (κ2) is 5.90. The Morgan fingerprint density at radius 2 is 2.22 bits per heavy atom. The second-order valence-corrected chi connectivity index (χ2v) is 6.07. The van der Waals surface area contributed by atoms with Gasteiger partial charge in [0.05, 0.1) is 0 Å². The van der Waals surface area contributed by atoms with Crippen molar-refractivity contribution < 1.29 is 9.90 Å². The number of halogens is 2. The van der Waals surface area contributed by atoms with Gasteiger partial charge < -0.3 is 10.4 Å². The maximum Gasteiger partial charge on any atom is 0.346 e. The summed E-state index contributed by atoms with van der Waals surface area (Å²) in [5, 5.41) is 14.7. The van der Waals surface area contributed by atoms with Gasteiger partial charge in [0.25, 0.3) is 0 Å². The highest BCUT2D eigenvalue weighted by Crippen LogP contribution is 2.24. The van der Waals surface area contributed by atoms with Gasteiger partial charge in [0.15, 0.2) is 0 Å². The van der Waals surface area contributed by atoms with Crippen LogP contribution in [0, 0.1) is 3.57 Å². The van der Waals surface area contributed by atoms with Crippen LogP contribution in [0.4, 0.5) is 5.69 Å².